The van der Waals surface area contributed by atoms with E-state index in [4.69, 9.17) is 9.26 Å². The van der Waals surface area contributed by atoms with Gasteiger partial charge in [-0.1, -0.05) is 12.1 Å². The Morgan fingerprint density at radius 3 is 2.94 bits per heavy atom. The Balaban J connectivity index is 1.94. The maximum Gasteiger partial charge on any atom is 0.255 e. The summed E-state index contributed by atoms with van der Waals surface area (Å²) in [4.78, 5) is 4.41. The van der Waals surface area contributed by atoms with Gasteiger partial charge in [-0.2, -0.15) is 4.98 Å². The predicted octanol–water partition coefficient (Wildman–Crippen LogP) is 1.85. The number of nitrogens with one attached hydrogen (secondary N) is 1. The van der Waals surface area contributed by atoms with Gasteiger partial charge in [0, 0.05) is 12.5 Å². The molecular formula is C12H21N3O2. The zero-order valence-electron chi connectivity index (χ0n) is 10.8. The number of hydrogen-bond acceptors (Lipinski definition) is 5. The molecule has 0 aliphatic carbocycles. The fourth-order valence-corrected chi connectivity index (χ4v) is 2.04. The van der Waals surface area contributed by atoms with Gasteiger partial charge in [0.1, 0.15) is 6.10 Å². The van der Waals surface area contributed by atoms with Crippen molar-refractivity contribution in [2.24, 2.45) is 0 Å². The second kappa shape index (κ2) is 5.60. The number of hydrogen-bond donors (Lipinski definition) is 1. The zero-order valence-corrected chi connectivity index (χ0v) is 10.8. The largest absolute Gasteiger partial charge is 0.365 e. The first-order chi connectivity index (χ1) is 8.22. The van der Waals surface area contributed by atoms with E-state index in [2.05, 4.69) is 29.3 Å². The molecule has 1 aromatic heterocycles. The minimum Gasteiger partial charge on any atom is -0.365 e. The van der Waals surface area contributed by atoms with Crippen LogP contribution in [0.25, 0.3) is 0 Å². The van der Waals surface area contributed by atoms with Crippen molar-refractivity contribution >= 4 is 0 Å². The molecule has 17 heavy (non-hydrogen) atoms. The molecule has 1 fully saturated rings. The number of aromatic nitrogens is 2. The van der Waals surface area contributed by atoms with Gasteiger partial charge >= 0.3 is 0 Å². The van der Waals surface area contributed by atoms with Crippen LogP contribution in [0, 0.1) is 0 Å². The van der Waals surface area contributed by atoms with Crippen molar-refractivity contribution in [2.45, 2.75) is 57.8 Å². The van der Waals surface area contributed by atoms with Gasteiger partial charge in [0.05, 0.1) is 6.10 Å². The third kappa shape index (κ3) is 3.04. The first-order valence-electron chi connectivity index (χ1n) is 6.38. The maximum atomic E-state index is 5.83. The number of rotatable bonds is 5. The molecular weight excluding hydrogens is 218 g/mol. The van der Waals surface area contributed by atoms with Crippen LogP contribution in [0.2, 0.25) is 0 Å². The molecule has 0 aromatic carbocycles. The lowest BCUT2D eigenvalue weighted by Crippen LogP contribution is -2.24. The molecule has 5 nitrogen and oxygen atoms in total. The van der Waals surface area contributed by atoms with E-state index < -0.39 is 0 Å². The van der Waals surface area contributed by atoms with Gasteiger partial charge in [0.2, 0.25) is 0 Å². The lowest BCUT2D eigenvalue weighted by molar-refractivity contribution is 0.0245. The summed E-state index contributed by atoms with van der Waals surface area (Å²) in [6.07, 6.45) is 4.27. The Morgan fingerprint density at radius 2 is 2.29 bits per heavy atom. The Kier molecular flexibility index (Phi) is 4.12. The average Bonchev–Trinajstić information content (AvgIpc) is 2.96. The Hall–Kier alpha value is -0.940. The van der Waals surface area contributed by atoms with Crippen LogP contribution in [0.3, 0.4) is 0 Å². The van der Waals surface area contributed by atoms with Crippen LogP contribution >= 0.6 is 0 Å². The van der Waals surface area contributed by atoms with Crippen LogP contribution in [0.4, 0.5) is 0 Å². The summed E-state index contributed by atoms with van der Waals surface area (Å²) in [6.45, 7) is 4.23. The molecule has 1 aromatic rings. The number of ether oxygens (including phenoxy) is 1. The minimum atomic E-state index is 0.00564. The SMILES string of the molecule is CCC1CCC(c2nc(CC(C)NC)no2)O1. The van der Waals surface area contributed by atoms with E-state index >= 15 is 0 Å². The molecule has 0 bridgehead atoms. The summed E-state index contributed by atoms with van der Waals surface area (Å²) < 4.78 is 11.1. The fraction of sp³-hybridized carbons (Fsp3) is 0.833. The third-order valence-electron chi connectivity index (χ3n) is 3.30. The quantitative estimate of drug-likeness (QED) is 0.849. The van der Waals surface area contributed by atoms with Crippen molar-refractivity contribution < 1.29 is 9.26 Å². The predicted molar refractivity (Wildman–Crippen MR) is 63.7 cm³/mol. The van der Waals surface area contributed by atoms with Gasteiger partial charge in [-0.3, -0.25) is 0 Å². The lowest BCUT2D eigenvalue weighted by Gasteiger charge is -2.07. The normalized spacial score (nSPS) is 26.3. The monoisotopic (exact) mass is 239 g/mol. The second-order valence-electron chi connectivity index (χ2n) is 4.68. The topological polar surface area (TPSA) is 60.2 Å². The molecule has 0 spiro atoms. The molecule has 2 heterocycles. The van der Waals surface area contributed by atoms with Crippen molar-refractivity contribution in [3.63, 3.8) is 0 Å². The molecule has 0 amide bonds. The summed E-state index contributed by atoms with van der Waals surface area (Å²) in [5.74, 6) is 1.39. The number of nitrogens with zero attached hydrogens (tertiary/aromatic N) is 2. The molecule has 96 valence electrons. The summed E-state index contributed by atoms with van der Waals surface area (Å²) in [5, 5.41) is 7.15. The fourth-order valence-electron chi connectivity index (χ4n) is 2.04. The highest BCUT2D eigenvalue weighted by Crippen LogP contribution is 2.32. The smallest absolute Gasteiger partial charge is 0.255 e. The van der Waals surface area contributed by atoms with Crippen molar-refractivity contribution in [2.75, 3.05) is 7.05 Å². The van der Waals surface area contributed by atoms with Crippen LogP contribution in [-0.2, 0) is 11.2 Å². The van der Waals surface area contributed by atoms with Crippen molar-refractivity contribution in [1.82, 2.24) is 15.5 Å². The van der Waals surface area contributed by atoms with Gasteiger partial charge in [-0.15, -0.1) is 0 Å². The summed E-state index contributed by atoms with van der Waals surface area (Å²) in [6, 6.07) is 0.355. The van der Waals surface area contributed by atoms with Crippen molar-refractivity contribution in [1.29, 1.82) is 0 Å². The van der Waals surface area contributed by atoms with E-state index in [1.807, 2.05) is 7.05 Å². The highest BCUT2D eigenvalue weighted by molar-refractivity contribution is 4.94. The van der Waals surface area contributed by atoms with Gasteiger partial charge in [-0.05, 0) is 33.2 Å². The van der Waals surface area contributed by atoms with Crippen molar-refractivity contribution in [3.8, 4) is 0 Å². The molecule has 1 aliphatic rings. The average molecular weight is 239 g/mol. The van der Waals surface area contributed by atoms with Crippen LogP contribution < -0.4 is 5.32 Å². The molecule has 2 rings (SSSR count). The molecule has 3 unspecified atom stereocenters. The summed E-state index contributed by atoms with van der Waals surface area (Å²) in [7, 11) is 1.93. The van der Waals surface area contributed by atoms with Gasteiger partial charge < -0.3 is 14.6 Å². The molecule has 1 saturated heterocycles. The first-order valence-corrected chi connectivity index (χ1v) is 6.38. The van der Waals surface area contributed by atoms with Crippen LogP contribution in [0.15, 0.2) is 4.52 Å². The van der Waals surface area contributed by atoms with Crippen molar-refractivity contribution in [3.05, 3.63) is 11.7 Å². The molecule has 0 radical (unpaired) electrons. The standard InChI is InChI=1S/C12H21N3O2/c1-4-9-5-6-10(16-9)12-14-11(15-17-12)7-8(2)13-3/h8-10,13H,4-7H2,1-3H3. The van der Waals surface area contributed by atoms with Gasteiger partial charge in [0.25, 0.3) is 5.89 Å². The Labute approximate surface area is 102 Å². The van der Waals surface area contributed by atoms with E-state index in [1.165, 1.54) is 0 Å². The third-order valence-corrected chi connectivity index (χ3v) is 3.30. The highest BCUT2D eigenvalue weighted by atomic mass is 16.5. The van der Waals surface area contributed by atoms with E-state index in [-0.39, 0.29) is 6.10 Å². The molecule has 0 saturated carbocycles. The first kappa shape index (κ1) is 12.5. The Bertz CT molecular complexity index is 353. The molecule has 3 atom stereocenters. The summed E-state index contributed by atoms with van der Waals surface area (Å²) in [5.41, 5.74) is 0. The lowest BCUT2D eigenvalue weighted by atomic mass is 10.1. The molecule has 1 N–H and O–H groups in total. The van der Waals surface area contributed by atoms with Crippen LogP contribution in [0.5, 0.6) is 0 Å². The van der Waals surface area contributed by atoms with Crippen LogP contribution in [0.1, 0.15) is 50.9 Å². The molecule has 5 heteroatoms. The van der Waals surface area contributed by atoms with Gasteiger partial charge in [-0.25, -0.2) is 0 Å². The summed E-state index contributed by atoms with van der Waals surface area (Å²) >= 11 is 0. The zero-order chi connectivity index (χ0) is 12.3. The van der Waals surface area contributed by atoms with Crippen LogP contribution in [-0.4, -0.2) is 29.3 Å². The highest BCUT2D eigenvalue weighted by Gasteiger charge is 2.29. The van der Waals surface area contributed by atoms with E-state index in [0.717, 1.165) is 31.5 Å². The van der Waals surface area contributed by atoms with Gasteiger partial charge in [0.15, 0.2) is 5.82 Å². The Morgan fingerprint density at radius 1 is 1.47 bits per heavy atom. The minimum absolute atomic E-state index is 0.00564. The van der Waals surface area contributed by atoms with E-state index in [1.54, 1.807) is 0 Å². The second-order valence-corrected chi connectivity index (χ2v) is 4.68. The maximum absolute atomic E-state index is 5.83. The molecule has 1 aliphatic heterocycles. The number of likely N-dealkylation sites (N-methyl/N-ethyl adjacent to an activating group) is 1. The van der Waals surface area contributed by atoms with E-state index in [0.29, 0.717) is 18.0 Å². The van der Waals surface area contributed by atoms with E-state index in [9.17, 15) is 0 Å².